The van der Waals surface area contributed by atoms with Crippen molar-refractivity contribution in [2.75, 3.05) is 33.3 Å². The molecule has 35 heavy (non-hydrogen) atoms. The zero-order valence-electron chi connectivity index (χ0n) is 19.4. The molecule has 2 atom stereocenters. The van der Waals surface area contributed by atoms with Gasteiger partial charge in [0.25, 0.3) is 5.91 Å². The highest BCUT2D eigenvalue weighted by atomic mass is 35.5. The number of carbonyl (C=O) groups is 2. The first-order valence-electron chi connectivity index (χ1n) is 11.4. The number of aliphatic hydroxyl groups is 1. The van der Waals surface area contributed by atoms with Gasteiger partial charge >= 0.3 is 6.03 Å². The molecule has 0 spiro atoms. The fraction of sp³-hybridized carbons (Fsp3) is 0.360. The highest BCUT2D eigenvalue weighted by molar-refractivity contribution is 6.31. The van der Waals surface area contributed by atoms with E-state index in [1.54, 1.807) is 36.1 Å². The molecule has 3 aromatic rings. The molecule has 0 saturated carbocycles. The number of nitrogens with zero attached hydrogens (tertiary/aromatic N) is 3. The van der Waals surface area contributed by atoms with Gasteiger partial charge in [-0.1, -0.05) is 23.7 Å². The number of halogens is 2. The Bertz CT molecular complexity index is 1340. The number of rotatable bonds is 6. The molecule has 1 aromatic heterocycles. The summed E-state index contributed by atoms with van der Waals surface area (Å²) in [6.07, 6.45) is 0.229. The van der Waals surface area contributed by atoms with E-state index in [2.05, 4.69) is 4.98 Å². The van der Waals surface area contributed by atoms with Gasteiger partial charge in [-0.25, -0.2) is 9.18 Å². The molecule has 3 heterocycles. The van der Waals surface area contributed by atoms with E-state index in [9.17, 15) is 24.2 Å². The lowest BCUT2D eigenvalue weighted by Gasteiger charge is -2.42. The van der Waals surface area contributed by atoms with Gasteiger partial charge in [0, 0.05) is 42.7 Å². The normalized spacial score (nSPS) is 21.8. The van der Waals surface area contributed by atoms with Crippen molar-refractivity contribution in [2.24, 2.45) is 0 Å². The van der Waals surface area contributed by atoms with Crippen LogP contribution in [0.4, 0.5) is 9.18 Å². The Hall–Kier alpha value is -3.14. The number of fused-ring (bicyclic) bond motifs is 4. The van der Waals surface area contributed by atoms with E-state index in [0.717, 1.165) is 5.56 Å². The Balaban J connectivity index is 1.65. The zero-order chi connectivity index (χ0) is 25.1. The molecule has 2 aliphatic heterocycles. The Labute approximate surface area is 206 Å². The topological polar surface area (TPSA) is 100 Å². The zero-order valence-corrected chi connectivity index (χ0v) is 20.1. The molecule has 2 aromatic carbocycles. The maximum absolute atomic E-state index is 14.2. The number of benzene rings is 2. The van der Waals surface area contributed by atoms with E-state index in [4.69, 9.17) is 11.6 Å². The van der Waals surface area contributed by atoms with Crippen molar-refractivity contribution in [1.82, 2.24) is 19.7 Å². The summed E-state index contributed by atoms with van der Waals surface area (Å²) >= 11 is 6.09. The lowest BCUT2D eigenvalue weighted by molar-refractivity contribution is -0.133. The number of hydrogen-bond acceptors (Lipinski definition) is 5. The van der Waals surface area contributed by atoms with Crippen LogP contribution in [-0.4, -0.2) is 80.7 Å². The number of phenols is 1. The third-order valence-corrected chi connectivity index (χ3v) is 7.37. The molecular weight excluding hydrogens is 475 g/mol. The first kappa shape index (κ1) is 23.6. The van der Waals surface area contributed by atoms with Crippen LogP contribution in [0.2, 0.25) is 5.02 Å². The summed E-state index contributed by atoms with van der Waals surface area (Å²) in [5.74, 6) is -0.857. The van der Waals surface area contributed by atoms with Gasteiger partial charge in [0.2, 0.25) is 0 Å². The van der Waals surface area contributed by atoms with Crippen LogP contribution < -0.4 is 0 Å². The average Bonchev–Trinajstić information content (AvgIpc) is 3.23. The third-order valence-electron chi connectivity index (χ3n) is 7.08. The summed E-state index contributed by atoms with van der Waals surface area (Å²) in [6, 6.07) is 8.28. The third kappa shape index (κ3) is 3.65. The number of aromatic amines is 1. The van der Waals surface area contributed by atoms with Gasteiger partial charge in [0.05, 0.1) is 11.6 Å². The second kappa shape index (κ2) is 8.51. The molecule has 5 rings (SSSR count). The smallest absolute Gasteiger partial charge is 0.328 e. The van der Waals surface area contributed by atoms with E-state index in [-0.39, 0.29) is 36.3 Å². The first-order valence-corrected chi connectivity index (χ1v) is 11.8. The number of aromatic hydroxyl groups is 1. The van der Waals surface area contributed by atoms with Gasteiger partial charge in [0.15, 0.2) is 0 Å². The van der Waals surface area contributed by atoms with Crippen molar-refractivity contribution in [3.8, 4) is 5.75 Å². The number of imide groups is 1. The monoisotopic (exact) mass is 500 g/mol. The number of urea groups is 1. The molecular formula is C25H26ClFN4O4. The summed E-state index contributed by atoms with van der Waals surface area (Å²) < 4.78 is 14.2. The number of carbonyl (C=O) groups excluding carboxylic acids is 2. The minimum atomic E-state index is -1.19. The van der Waals surface area contributed by atoms with Gasteiger partial charge in [-0.2, -0.15) is 0 Å². The molecule has 10 heteroatoms. The van der Waals surface area contributed by atoms with E-state index in [1.165, 1.54) is 17.0 Å². The number of phenolic OH excluding ortho intramolecular Hbond substituents is 1. The van der Waals surface area contributed by atoms with Crippen molar-refractivity contribution >= 4 is 34.4 Å². The minimum absolute atomic E-state index is 0.0212. The highest BCUT2D eigenvalue weighted by Crippen LogP contribution is 2.49. The van der Waals surface area contributed by atoms with Gasteiger partial charge in [0.1, 0.15) is 23.1 Å². The molecule has 0 unspecified atom stereocenters. The fourth-order valence-corrected chi connectivity index (χ4v) is 5.47. The molecule has 184 valence electrons. The van der Waals surface area contributed by atoms with E-state index >= 15 is 0 Å². The number of hydrogen-bond donors (Lipinski definition) is 3. The van der Waals surface area contributed by atoms with Crippen molar-refractivity contribution in [3.63, 3.8) is 0 Å². The van der Waals surface area contributed by atoms with Crippen molar-refractivity contribution in [1.29, 1.82) is 0 Å². The van der Waals surface area contributed by atoms with Crippen molar-refractivity contribution in [3.05, 3.63) is 64.1 Å². The Morgan fingerprint density at radius 2 is 2.03 bits per heavy atom. The Kier molecular flexibility index (Phi) is 5.74. The molecule has 1 saturated heterocycles. The first-order chi connectivity index (χ1) is 16.7. The Morgan fingerprint density at radius 1 is 1.26 bits per heavy atom. The summed E-state index contributed by atoms with van der Waals surface area (Å²) in [5, 5.41) is 20.0. The van der Waals surface area contributed by atoms with Crippen LogP contribution in [0.5, 0.6) is 5.75 Å². The number of likely N-dealkylation sites (N-methyl/N-ethyl adjacent to an activating group) is 1. The number of aromatic nitrogens is 1. The second-order valence-electron chi connectivity index (χ2n) is 9.41. The summed E-state index contributed by atoms with van der Waals surface area (Å²) in [4.78, 5) is 35.4. The molecule has 0 bridgehead atoms. The fourth-order valence-electron chi connectivity index (χ4n) is 5.30. The van der Waals surface area contributed by atoms with Crippen LogP contribution in [-0.2, 0) is 11.2 Å². The summed E-state index contributed by atoms with van der Waals surface area (Å²) in [5.41, 5.74) is 1.40. The lowest BCUT2D eigenvalue weighted by Crippen LogP contribution is -2.53. The second-order valence-corrected chi connectivity index (χ2v) is 9.82. The number of H-pyrrole nitrogens is 1. The predicted molar refractivity (Wildman–Crippen MR) is 129 cm³/mol. The van der Waals surface area contributed by atoms with Crippen LogP contribution in [0.3, 0.4) is 0 Å². The predicted octanol–water partition coefficient (Wildman–Crippen LogP) is 3.26. The lowest BCUT2D eigenvalue weighted by atomic mass is 9.81. The van der Waals surface area contributed by atoms with Crippen LogP contribution in [0, 0.1) is 5.82 Å². The van der Waals surface area contributed by atoms with E-state index < -0.39 is 23.4 Å². The van der Waals surface area contributed by atoms with Crippen LogP contribution in [0.1, 0.15) is 29.8 Å². The number of nitrogens with one attached hydrogen (secondary N) is 1. The van der Waals surface area contributed by atoms with E-state index in [1.807, 2.05) is 11.9 Å². The van der Waals surface area contributed by atoms with Crippen LogP contribution in [0.25, 0.3) is 10.9 Å². The maximum Gasteiger partial charge on any atom is 0.328 e. The quantitative estimate of drug-likeness (QED) is 0.451. The molecule has 1 fully saturated rings. The summed E-state index contributed by atoms with van der Waals surface area (Å²) in [7, 11) is 1.81. The standard InChI is InChI=1S/C25H26ClFN4O4/c1-25-13-17-16-11-18(26)19(27)12-20(16)28-21(17)22(14-4-3-5-15(33)10-14)31(25)24(35)30(23(25)34)7-6-29(2)8-9-32/h3-5,10-12,22,28,32-33H,6-9,13H2,1-2H3/t22-,25+/m1/s1. The molecule has 0 radical (unpaired) electrons. The molecule has 8 nitrogen and oxygen atoms in total. The molecule has 3 N–H and O–H groups in total. The number of amides is 3. The molecule has 2 aliphatic rings. The number of aliphatic hydroxyl groups excluding tert-OH is 1. The van der Waals surface area contributed by atoms with Crippen LogP contribution in [0.15, 0.2) is 36.4 Å². The summed E-state index contributed by atoms with van der Waals surface area (Å²) in [6.45, 7) is 2.75. The SMILES string of the molecule is CN(CCO)CCN1C(=O)N2[C@H](c3cccc(O)c3)c3[nH]c4cc(F)c(Cl)cc4c3C[C@@]2(C)C1=O. The Morgan fingerprint density at radius 3 is 2.74 bits per heavy atom. The largest absolute Gasteiger partial charge is 0.508 e. The highest BCUT2D eigenvalue weighted by Gasteiger charge is 2.60. The van der Waals surface area contributed by atoms with Gasteiger partial charge in [-0.3, -0.25) is 14.6 Å². The molecule has 3 amide bonds. The molecule has 0 aliphatic carbocycles. The maximum atomic E-state index is 14.2. The van der Waals surface area contributed by atoms with Crippen molar-refractivity contribution < 1.29 is 24.2 Å². The van der Waals surface area contributed by atoms with Crippen molar-refractivity contribution in [2.45, 2.75) is 24.9 Å². The van der Waals surface area contributed by atoms with Gasteiger partial charge in [-0.05, 0) is 49.4 Å². The average molecular weight is 501 g/mol. The van der Waals surface area contributed by atoms with Gasteiger partial charge < -0.3 is 20.1 Å². The van der Waals surface area contributed by atoms with Gasteiger partial charge in [-0.15, -0.1) is 0 Å². The minimum Gasteiger partial charge on any atom is -0.508 e. The van der Waals surface area contributed by atoms with Crippen LogP contribution >= 0.6 is 11.6 Å². The van der Waals surface area contributed by atoms with E-state index in [0.29, 0.717) is 35.2 Å².